The van der Waals surface area contributed by atoms with Crippen molar-refractivity contribution in [3.05, 3.63) is 51.3 Å². The molecule has 1 heterocycles. The van der Waals surface area contributed by atoms with Crippen molar-refractivity contribution in [1.29, 1.82) is 0 Å². The summed E-state index contributed by atoms with van der Waals surface area (Å²) in [5.41, 5.74) is 6.24. The van der Waals surface area contributed by atoms with Gasteiger partial charge < -0.3 is 10.8 Å². The lowest BCUT2D eigenvalue weighted by atomic mass is 9.98. The van der Waals surface area contributed by atoms with Crippen LogP contribution in [0.15, 0.2) is 29.1 Å². The van der Waals surface area contributed by atoms with Crippen LogP contribution in [-0.2, 0) is 25.7 Å². The van der Waals surface area contributed by atoms with Gasteiger partial charge in [0.15, 0.2) is 0 Å². The monoisotopic (exact) mass is 369 g/mol. The van der Waals surface area contributed by atoms with E-state index in [1.807, 2.05) is 13.8 Å². The van der Waals surface area contributed by atoms with E-state index in [2.05, 4.69) is 5.10 Å². The van der Waals surface area contributed by atoms with Crippen molar-refractivity contribution in [3.8, 4) is 11.3 Å². The molecule has 3 N–H and O–H groups in total. The zero-order valence-corrected chi connectivity index (χ0v) is 14.7. The molecule has 26 heavy (non-hydrogen) atoms. The van der Waals surface area contributed by atoms with Crippen molar-refractivity contribution in [2.75, 3.05) is 6.61 Å². The van der Waals surface area contributed by atoms with Gasteiger partial charge in [-0.3, -0.25) is 4.79 Å². The second kappa shape index (κ2) is 8.01. The van der Waals surface area contributed by atoms with Crippen molar-refractivity contribution < 1.29 is 18.3 Å². The molecule has 0 atom stereocenters. The number of rotatable bonds is 6. The molecule has 0 aliphatic carbocycles. The van der Waals surface area contributed by atoms with Gasteiger partial charge in [0.05, 0.1) is 11.3 Å². The number of aromatic nitrogens is 2. The van der Waals surface area contributed by atoms with Gasteiger partial charge >= 0.3 is 6.18 Å². The molecule has 0 spiro atoms. The molecule has 0 saturated heterocycles. The molecule has 0 saturated carbocycles. The van der Waals surface area contributed by atoms with Crippen LogP contribution in [0.1, 0.15) is 30.5 Å². The minimum Gasteiger partial charge on any atom is -0.396 e. The first-order valence-electron chi connectivity index (χ1n) is 8.30. The standard InChI is InChI=1S/C18H22F3N3O2/c1-11(2)10-24-17(26)15(9-22)14(7-8-25)16(23-24)12-3-5-13(6-4-12)18(19,20)21/h3-6,11,25H,7-10,22H2,1-2H3. The van der Waals surface area contributed by atoms with Crippen LogP contribution in [0, 0.1) is 5.92 Å². The second-order valence-corrected chi connectivity index (χ2v) is 6.44. The van der Waals surface area contributed by atoms with Crippen LogP contribution in [-0.4, -0.2) is 21.5 Å². The molecule has 0 aliphatic heterocycles. The SMILES string of the molecule is CC(C)Cn1nc(-c2ccc(C(F)(F)F)cc2)c(CCO)c(CN)c1=O. The lowest BCUT2D eigenvalue weighted by Crippen LogP contribution is -2.32. The van der Waals surface area contributed by atoms with E-state index >= 15 is 0 Å². The van der Waals surface area contributed by atoms with Crippen LogP contribution in [0.25, 0.3) is 11.3 Å². The molecule has 8 heteroatoms. The highest BCUT2D eigenvalue weighted by molar-refractivity contribution is 5.64. The van der Waals surface area contributed by atoms with Crippen LogP contribution >= 0.6 is 0 Å². The topological polar surface area (TPSA) is 81.1 Å². The van der Waals surface area contributed by atoms with E-state index in [0.29, 0.717) is 28.9 Å². The highest BCUT2D eigenvalue weighted by Crippen LogP contribution is 2.31. The van der Waals surface area contributed by atoms with E-state index in [1.54, 1.807) is 0 Å². The summed E-state index contributed by atoms with van der Waals surface area (Å²) in [7, 11) is 0. The summed E-state index contributed by atoms with van der Waals surface area (Å²) >= 11 is 0. The summed E-state index contributed by atoms with van der Waals surface area (Å²) in [5, 5.41) is 13.7. The van der Waals surface area contributed by atoms with E-state index in [9.17, 15) is 23.1 Å². The zero-order chi connectivity index (χ0) is 19.5. The number of alkyl halides is 3. The van der Waals surface area contributed by atoms with Crippen LogP contribution in [0.5, 0.6) is 0 Å². The maximum atomic E-state index is 12.8. The molecule has 1 aromatic carbocycles. The molecule has 0 radical (unpaired) electrons. The summed E-state index contributed by atoms with van der Waals surface area (Å²) < 4.78 is 39.7. The van der Waals surface area contributed by atoms with Crippen LogP contribution in [0.2, 0.25) is 0 Å². The Balaban J connectivity index is 2.66. The van der Waals surface area contributed by atoms with E-state index in [0.717, 1.165) is 12.1 Å². The molecule has 142 valence electrons. The second-order valence-electron chi connectivity index (χ2n) is 6.44. The molecular weight excluding hydrogens is 347 g/mol. The first-order valence-corrected chi connectivity index (χ1v) is 8.30. The summed E-state index contributed by atoms with van der Waals surface area (Å²) in [5.74, 6) is 0.148. The van der Waals surface area contributed by atoms with Crippen molar-refractivity contribution in [2.45, 2.75) is 39.5 Å². The zero-order valence-electron chi connectivity index (χ0n) is 14.7. The third-order valence-corrected chi connectivity index (χ3v) is 3.95. The Morgan fingerprint density at radius 3 is 2.27 bits per heavy atom. The summed E-state index contributed by atoms with van der Waals surface area (Å²) in [6.07, 6.45) is -4.29. The normalized spacial score (nSPS) is 12.0. The number of aliphatic hydroxyl groups is 1. The Labute approximate surface area is 149 Å². The number of hydrogen-bond donors (Lipinski definition) is 2. The van der Waals surface area contributed by atoms with Gasteiger partial charge in [0.2, 0.25) is 0 Å². The van der Waals surface area contributed by atoms with Gasteiger partial charge in [-0.1, -0.05) is 26.0 Å². The molecule has 2 rings (SSSR count). The molecule has 5 nitrogen and oxygen atoms in total. The number of benzene rings is 1. The Hall–Kier alpha value is -2.19. The highest BCUT2D eigenvalue weighted by atomic mass is 19.4. The molecule has 0 fully saturated rings. The summed E-state index contributed by atoms with van der Waals surface area (Å²) in [6.45, 7) is 3.95. The third-order valence-electron chi connectivity index (χ3n) is 3.95. The van der Waals surface area contributed by atoms with E-state index in [-0.39, 0.29) is 31.0 Å². The number of hydrogen-bond acceptors (Lipinski definition) is 4. The number of halogens is 3. The molecular formula is C18H22F3N3O2. The smallest absolute Gasteiger partial charge is 0.396 e. The summed E-state index contributed by atoms with van der Waals surface area (Å²) in [4.78, 5) is 12.6. The fraction of sp³-hybridized carbons (Fsp3) is 0.444. The largest absolute Gasteiger partial charge is 0.416 e. The predicted molar refractivity (Wildman–Crippen MR) is 92.5 cm³/mol. The predicted octanol–water partition coefficient (Wildman–Crippen LogP) is 2.58. The number of nitrogens with zero attached hydrogens (tertiary/aromatic N) is 2. The Morgan fingerprint density at radius 2 is 1.81 bits per heavy atom. The molecule has 2 aromatic rings. The highest BCUT2D eigenvalue weighted by Gasteiger charge is 2.30. The Morgan fingerprint density at radius 1 is 1.19 bits per heavy atom. The van der Waals surface area contributed by atoms with Crippen molar-refractivity contribution in [1.82, 2.24) is 9.78 Å². The lowest BCUT2D eigenvalue weighted by Gasteiger charge is -2.17. The third kappa shape index (κ3) is 4.31. The van der Waals surface area contributed by atoms with Gasteiger partial charge in [0.1, 0.15) is 0 Å². The maximum absolute atomic E-state index is 12.8. The maximum Gasteiger partial charge on any atom is 0.416 e. The summed E-state index contributed by atoms with van der Waals surface area (Å²) in [6, 6.07) is 4.58. The van der Waals surface area contributed by atoms with Gasteiger partial charge in [-0.25, -0.2) is 4.68 Å². The van der Waals surface area contributed by atoms with Crippen LogP contribution in [0.4, 0.5) is 13.2 Å². The molecule has 0 amide bonds. The average Bonchev–Trinajstić information content (AvgIpc) is 2.57. The van der Waals surface area contributed by atoms with E-state index in [1.165, 1.54) is 16.8 Å². The molecule has 0 bridgehead atoms. The lowest BCUT2D eigenvalue weighted by molar-refractivity contribution is -0.137. The Kier molecular flexibility index (Phi) is 6.20. The molecule has 1 aromatic heterocycles. The Bertz CT molecular complexity index is 812. The van der Waals surface area contributed by atoms with Gasteiger partial charge in [-0.15, -0.1) is 0 Å². The van der Waals surface area contributed by atoms with Crippen LogP contribution < -0.4 is 11.3 Å². The first kappa shape index (κ1) is 20.1. The number of aliphatic hydroxyl groups excluding tert-OH is 1. The fourth-order valence-electron chi connectivity index (χ4n) is 2.76. The minimum absolute atomic E-state index is 0.0393. The van der Waals surface area contributed by atoms with E-state index < -0.39 is 11.7 Å². The van der Waals surface area contributed by atoms with E-state index in [4.69, 9.17) is 5.73 Å². The molecule has 0 unspecified atom stereocenters. The average molecular weight is 369 g/mol. The van der Waals surface area contributed by atoms with Gasteiger partial charge in [-0.2, -0.15) is 18.3 Å². The minimum atomic E-state index is -4.43. The van der Waals surface area contributed by atoms with Crippen molar-refractivity contribution in [2.24, 2.45) is 11.7 Å². The first-order chi connectivity index (χ1) is 12.2. The van der Waals surface area contributed by atoms with Gasteiger partial charge in [0, 0.05) is 30.8 Å². The van der Waals surface area contributed by atoms with Crippen molar-refractivity contribution >= 4 is 0 Å². The van der Waals surface area contributed by atoms with Gasteiger partial charge in [0.25, 0.3) is 5.56 Å². The quantitative estimate of drug-likeness (QED) is 0.820. The molecule has 0 aliphatic rings. The fourth-order valence-corrected chi connectivity index (χ4v) is 2.76. The van der Waals surface area contributed by atoms with Crippen LogP contribution in [0.3, 0.4) is 0 Å². The van der Waals surface area contributed by atoms with Gasteiger partial charge in [-0.05, 0) is 30.0 Å². The number of nitrogens with two attached hydrogens (primary N) is 1. The van der Waals surface area contributed by atoms with Crippen molar-refractivity contribution in [3.63, 3.8) is 0 Å².